The smallest absolute Gasteiger partial charge is 0.0721 e. The van der Waals surface area contributed by atoms with Crippen LogP contribution in [0.25, 0.3) is 0 Å². The van der Waals surface area contributed by atoms with Crippen LogP contribution < -0.4 is 5.32 Å². The quantitative estimate of drug-likeness (QED) is 0.763. The van der Waals surface area contributed by atoms with Gasteiger partial charge in [-0.3, -0.25) is 0 Å². The molecule has 15 heavy (non-hydrogen) atoms. The standard InChI is InChI=1S/C13H19NO/c1-2-3-8-14-13-10-15-9-11-6-4-5-7-12(11)13/h4-7,13-14H,2-3,8-10H2,1H3. The van der Waals surface area contributed by atoms with Crippen LogP contribution in [0, 0.1) is 0 Å². The third-order valence-electron chi connectivity index (χ3n) is 2.89. The lowest BCUT2D eigenvalue weighted by Crippen LogP contribution is -2.30. The van der Waals surface area contributed by atoms with Gasteiger partial charge in [0, 0.05) is 0 Å². The molecule has 0 saturated heterocycles. The predicted octanol–water partition coefficient (Wildman–Crippen LogP) is 2.65. The van der Waals surface area contributed by atoms with Crippen molar-refractivity contribution in [2.75, 3.05) is 13.2 Å². The van der Waals surface area contributed by atoms with Gasteiger partial charge in [-0.25, -0.2) is 0 Å². The van der Waals surface area contributed by atoms with E-state index in [1.54, 1.807) is 0 Å². The molecule has 2 heteroatoms. The van der Waals surface area contributed by atoms with E-state index < -0.39 is 0 Å². The van der Waals surface area contributed by atoms with Gasteiger partial charge < -0.3 is 10.1 Å². The van der Waals surface area contributed by atoms with Crippen LogP contribution >= 0.6 is 0 Å². The Hall–Kier alpha value is -0.860. The van der Waals surface area contributed by atoms with Gasteiger partial charge in [-0.05, 0) is 24.1 Å². The van der Waals surface area contributed by atoms with Crippen molar-refractivity contribution in [2.24, 2.45) is 0 Å². The lowest BCUT2D eigenvalue weighted by atomic mass is 9.99. The summed E-state index contributed by atoms with van der Waals surface area (Å²) in [5.41, 5.74) is 2.75. The summed E-state index contributed by atoms with van der Waals surface area (Å²) in [7, 11) is 0. The van der Waals surface area contributed by atoms with Crippen LogP contribution in [-0.2, 0) is 11.3 Å². The van der Waals surface area contributed by atoms with Crippen LogP contribution in [0.2, 0.25) is 0 Å². The van der Waals surface area contributed by atoms with Gasteiger partial charge in [0.2, 0.25) is 0 Å². The summed E-state index contributed by atoms with van der Waals surface area (Å²) < 4.78 is 5.58. The summed E-state index contributed by atoms with van der Waals surface area (Å²) in [5.74, 6) is 0. The third kappa shape index (κ3) is 2.58. The molecule has 0 bridgehead atoms. The van der Waals surface area contributed by atoms with Crippen LogP contribution in [0.1, 0.15) is 36.9 Å². The van der Waals surface area contributed by atoms with Gasteiger partial charge in [0.15, 0.2) is 0 Å². The van der Waals surface area contributed by atoms with Crippen molar-refractivity contribution < 1.29 is 4.74 Å². The average molecular weight is 205 g/mol. The van der Waals surface area contributed by atoms with Gasteiger partial charge in [0.05, 0.1) is 19.3 Å². The van der Waals surface area contributed by atoms with E-state index in [-0.39, 0.29) is 0 Å². The number of unbranched alkanes of at least 4 members (excludes halogenated alkanes) is 1. The molecule has 0 spiro atoms. The van der Waals surface area contributed by atoms with E-state index in [2.05, 4.69) is 36.5 Å². The molecule has 0 aromatic heterocycles. The number of hydrogen-bond acceptors (Lipinski definition) is 2. The summed E-state index contributed by atoms with van der Waals surface area (Å²) in [6.07, 6.45) is 2.47. The number of hydrogen-bond donors (Lipinski definition) is 1. The Labute approximate surface area is 91.6 Å². The molecule has 0 aliphatic carbocycles. The van der Waals surface area contributed by atoms with Crippen LogP contribution in [0.15, 0.2) is 24.3 Å². The van der Waals surface area contributed by atoms with Gasteiger partial charge >= 0.3 is 0 Å². The van der Waals surface area contributed by atoms with Crippen molar-refractivity contribution in [3.8, 4) is 0 Å². The molecule has 2 nitrogen and oxygen atoms in total. The number of fused-ring (bicyclic) bond motifs is 1. The number of nitrogens with one attached hydrogen (secondary N) is 1. The van der Waals surface area contributed by atoms with E-state index in [0.29, 0.717) is 6.04 Å². The van der Waals surface area contributed by atoms with Gasteiger partial charge in [-0.1, -0.05) is 37.6 Å². The highest BCUT2D eigenvalue weighted by molar-refractivity contribution is 5.30. The maximum absolute atomic E-state index is 5.58. The molecule has 1 aromatic rings. The molecule has 1 aliphatic heterocycles. The molecule has 1 aliphatic rings. The second-order valence-electron chi connectivity index (χ2n) is 4.07. The molecule has 1 atom stereocenters. The van der Waals surface area contributed by atoms with E-state index in [4.69, 9.17) is 4.74 Å². The summed E-state index contributed by atoms with van der Waals surface area (Å²) in [5, 5.41) is 3.55. The van der Waals surface area contributed by atoms with Crippen molar-refractivity contribution in [3.63, 3.8) is 0 Å². The van der Waals surface area contributed by atoms with Crippen molar-refractivity contribution in [3.05, 3.63) is 35.4 Å². The first kappa shape index (κ1) is 10.7. The fourth-order valence-corrected chi connectivity index (χ4v) is 2.00. The average Bonchev–Trinajstić information content (AvgIpc) is 2.30. The maximum atomic E-state index is 5.58. The molecule has 0 radical (unpaired) electrons. The fourth-order valence-electron chi connectivity index (χ4n) is 2.00. The van der Waals surface area contributed by atoms with Crippen LogP contribution in [-0.4, -0.2) is 13.2 Å². The summed E-state index contributed by atoms with van der Waals surface area (Å²) in [6.45, 7) is 4.87. The molecule has 0 fully saturated rings. The Morgan fingerprint density at radius 3 is 3.13 bits per heavy atom. The monoisotopic (exact) mass is 205 g/mol. The van der Waals surface area contributed by atoms with Gasteiger partial charge in [-0.2, -0.15) is 0 Å². The van der Waals surface area contributed by atoms with Crippen molar-refractivity contribution in [1.82, 2.24) is 5.32 Å². The Kier molecular flexibility index (Phi) is 3.75. The zero-order valence-corrected chi connectivity index (χ0v) is 9.33. The Morgan fingerprint density at radius 2 is 2.27 bits per heavy atom. The van der Waals surface area contributed by atoms with Gasteiger partial charge in [0.1, 0.15) is 0 Å². The highest BCUT2D eigenvalue weighted by Crippen LogP contribution is 2.24. The minimum Gasteiger partial charge on any atom is -0.375 e. The summed E-state index contributed by atoms with van der Waals surface area (Å²) >= 11 is 0. The normalized spacial score (nSPS) is 19.9. The first-order valence-corrected chi connectivity index (χ1v) is 5.80. The molecule has 1 aromatic carbocycles. The van der Waals surface area contributed by atoms with E-state index in [9.17, 15) is 0 Å². The molecular formula is C13H19NO. The Bertz CT molecular complexity index is 311. The molecule has 0 saturated carbocycles. The number of benzene rings is 1. The third-order valence-corrected chi connectivity index (χ3v) is 2.89. The lowest BCUT2D eigenvalue weighted by Gasteiger charge is -2.26. The van der Waals surface area contributed by atoms with Crippen molar-refractivity contribution in [2.45, 2.75) is 32.4 Å². The van der Waals surface area contributed by atoms with E-state index in [1.807, 2.05) is 0 Å². The maximum Gasteiger partial charge on any atom is 0.0721 e. The lowest BCUT2D eigenvalue weighted by molar-refractivity contribution is 0.0821. The first-order valence-electron chi connectivity index (χ1n) is 5.80. The molecule has 1 heterocycles. The number of rotatable bonds is 4. The molecule has 1 N–H and O–H groups in total. The van der Waals surface area contributed by atoms with Crippen molar-refractivity contribution in [1.29, 1.82) is 0 Å². The second-order valence-corrected chi connectivity index (χ2v) is 4.07. The zero-order chi connectivity index (χ0) is 10.5. The van der Waals surface area contributed by atoms with E-state index in [1.165, 1.54) is 24.0 Å². The number of ether oxygens (including phenoxy) is 1. The first-order chi connectivity index (χ1) is 7.42. The summed E-state index contributed by atoms with van der Waals surface area (Å²) in [4.78, 5) is 0. The van der Waals surface area contributed by atoms with Crippen LogP contribution in [0.4, 0.5) is 0 Å². The molecule has 82 valence electrons. The Balaban J connectivity index is 2.02. The zero-order valence-electron chi connectivity index (χ0n) is 9.33. The second kappa shape index (κ2) is 5.29. The minimum atomic E-state index is 0.390. The molecule has 2 rings (SSSR count). The van der Waals surface area contributed by atoms with Crippen LogP contribution in [0.3, 0.4) is 0 Å². The van der Waals surface area contributed by atoms with Crippen LogP contribution in [0.5, 0.6) is 0 Å². The molecular weight excluding hydrogens is 186 g/mol. The van der Waals surface area contributed by atoms with Gasteiger partial charge in [0.25, 0.3) is 0 Å². The van der Waals surface area contributed by atoms with E-state index >= 15 is 0 Å². The molecule has 1 unspecified atom stereocenters. The topological polar surface area (TPSA) is 21.3 Å². The predicted molar refractivity (Wildman–Crippen MR) is 61.7 cm³/mol. The highest BCUT2D eigenvalue weighted by atomic mass is 16.5. The minimum absolute atomic E-state index is 0.390. The SMILES string of the molecule is CCCCNC1COCc2ccccc21. The van der Waals surface area contributed by atoms with Crippen molar-refractivity contribution >= 4 is 0 Å². The molecule has 0 amide bonds. The largest absolute Gasteiger partial charge is 0.375 e. The van der Waals surface area contributed by atoms with E-state index in [0.717, 1.165) is 19.8 Å². The Morgan fingerprint density at radius 1 is 1.40 bits per heavy atom. The van der Waals surface area contributed by atoms with Gasteiger partial charge in [-0.15, -0.1) is 0 Å². The fraction of sp³-hybridized carbons (Fsp3) is 0.538. The summed E-state index contributed by atoms with van der Waals surface area (Å²) in [6, 6.07) is 8.95. The highest BCUT2D eigenvalue weighted by Gasteiger charge is 2.18.